The van der Waals surface area contributed by atoms with Crippen LogP contribution in [-0.4, -0.2) is 88.0 Å². The van der Waals surface area contributed by atoms with Gasteiger partial charge in [-0.15, -0.1) is 24.0 Å². The molecule has 1 aromatic rings. The third-order valence-electron chi connectivity index (χ3n) is 5.10. The van der Waals surface area contributed by atoms with Crippen molar-refractivity contribution < 1.29 is 19.0 Å². The molecule has 1 atom stereocenters. The largest absolute Gasteiger partial charge is 0.497 e. The highest BCUT2D eigenvalue weighted by atomic mass is 127. The van der Waals surface area contributed by atoms with Crippen molar-refractivity contribution in [2.45, 2.75) is 45.4 Å². The smallest absolute Gasteiger partial charge is 0.410 e. The first-order valence-electron chi connectivity index (χ1n) is 11.0. The number of hydrogen-bond acceptors (Lipinski definition) is 6. The Bertz CT molecular complexity index is 762. The number of halogens is 1. The monoisotopic (exact) mass is 577 g/mol. The Labute approximate surface area is 215 Å². The van der Waals surface area contributed by atoms with E-state index < -0.39 is 5.60 Å². The average Bonchev–Trinajstić information content (AvgIpc) is 3.17. The molecule has 33 heavy (non-hydrogen) atoms. The van der Waals surface area contributed by atoms with Crippen LogP contribution >= 0.6 is 24.0 Å². The zero-order valence-electron chi connectivity index (χ0n) is 20.9. The maximum Gasteiger partial charge on any atom is 0.410 e. The fourth-order valence-electron chi connectivity index (χ4n) is 3.47. The lowest BCUT2D eigenvalue weighted by Crippen LogP contribution is -2.47. The van der Waals surface area contributed by atoms with E-state index in [4.69, 9.17) is 14.2 Å². The standard InChI is InChI=1S/C23H39N5O4.HI/c1-23(2,3)32-22(29)27(5)11-9-25-21(24-4)26-18-8-10-28(16-18)15-17-12-19(30-6)14-20(13-17)31-7;/h12-14,18H,8-11,15-16H2,1-7H3,(H2,24,25,26);1H. The summed E-state index contributed by atoms with van der Waals surface area (Å²) in [7, 11) is 6.81. The van der Waals surface area contributed by atoms with Crippen molar-refractivity contribution >= 4 is 36.0 Å². The number of likely N-dealkylation sites (N-methyl/N-ethyl adjacent to an activating group) is 1. The number of rotatable bonds is 8. The second kappa shape index (κ2) is 13.7. The van der Waals surface area contributed by atoms with Crippen LogP contribution in [0, 0.1) is 0 Å². The zero-order valence-corrected chi connectivity index (χ0v) is 23.3. The van der Waals surface area contributed by atoms with Crippen LogP contribution in [0.2, 0.25) is 0 Å². The normalized spacial score (nSPS) is 16.6. The number of nitrogens with one attached hydrogen (secondary N) is 2. The molecule has 1 saturated heterocycles. The molecule has 1 heterocycles. The second-order valence-electron chi connectivity index (χ2n) is 8.99. The number of amides is 1. The molecule has 1 aliphatic heterocycles. The van der Waals surface area contributed by atoms with Gasteiger partial charge in [0.15, 0.2) is 5.96 Å². The average molecular weight is 578 g/mol. The molecule has 9 nitrogen and oxygen atoms in total. The lowest BCUT2D eigenvalue weighted by molar-refractivity contribution is 0.0302. The van der Waals surface area contributed by atoms with Crippen LogP contribution in [0.1, 0.15) is 32.8 Å². The fraction of sp³-hybridized carbons (Fsp3) is 0.652. The molecule has 1 fully saturated rings. The predicted octanol–water partition coefficient (Wildman–Crippen LogP) is 2.93. The van der Waals surface area contributed by atoms with E-state index in [1.165, 1.54) is 0 Å². The Morgan fingerprint density at radius 2 is 1.85 bits per heavy atom. The Kier molecular flexibility index (Phi) is 12.1. The van der Waals surface area contributed by atoms with Crippen molar-refractivity contribution in [1.29, 1.82) is 0 Å². The number of likely N-dealkylation sites (tertiary alicyclic amines) is 1. The summed E-state index contributed by atoms with van der Waals surface area (Å²) in [6.07, 6.45) is 0.697. The molecule has 0 saturated carbocycles. The molecule has 0 aliphatic carbocycles. The summed E-state index contributed by atoms with van der Waals surface area (Å²) in [4.78, 5) is 20.3. The number of benzene rings is 1. The number of ether oxygens (including phenoxy) is 3. The van der Waals surface area contributed by atoms with Crippen LogP contribution in [-0.2, 0) is 11.3 Å². The van der Waals surface area contributed by atoms with Crippen molar-refractivity contribution in [3.05, 3.63) is 23.8 Å². The van der Waals surface area contributed by atoms with Crippen LogP contribution in [0.4, 0.5) is 4.79 Å². The van der Waals surface area contributed by atoms with Gasteiger partial charge in [0, 0.05) is 58.9 Å². The van der Waals surface area contributed by atoms with Crippen LogP contribution in [0.25, 0.3) is 0 Å². The highest BCUT2D eigenvalue weighted by molar-refractivity contribution is 14.0. The lowest BCUT2D eigenvalue weighted by Gasteiger charge is -2.25. The molecule has 1 aliphatic rings. The topological polar surface area (TPSA) is 87.7 Å². The molecular formula is C23H40IN5O4. The van der Waals surface area contributed by atoms with Gasteiger partial charge in [0.2, 0.25) is 0 Å². The molecular weight excluding hydrogens is 537 g/mol. The third kappa shape index (κ3) is 10.2. The summed E-state index contributed by atoms with van der Waals surface area (Å²) in [5, 5.41) is 6.76. The molecule has 0 spiro atoms. The summed E-state index contributed by atoms with van der Waals surface area (Å²) in [6.45, 7) is 9.42. The predicted molar refractivity (Wildman–Crippen MR) is 142 cm³/mol. The number of nitrogens with zero attached hydrogens (tertiary/aromatic N) is 3. The molecule has 10 heteroatoms. The van der Waals surface area contributed by atoms with Gasteiger partial charge in [-0.05, 0) is 44.9 Å². The fourth-order valence-corrected chi connectivity index (χ4v) is 3.47. The van der Waals surface area contributed by atoms with Crippen molar-refractivity contribution in [3.8, 4) is 11.5 Å². The molecule has 1 aromatic carbocycles. The van der Waals surface area contributed by atoms with E-state index in [0.717, 1.165) is 49.1 Å². The third-order valence-corrected chi connectivity index (χ3v) is 5.10. The quantitative estimate of drug-likeness (QED) is 0.279. The van der Waals surface area contributed by atoms with E-state index >= 15 is 0 Å². The van der Waals surface area contributed by atoms with Crippen molar-refractivity contribution in [1.82, 2.24) is 20.4 Å². The van der Waals surface area contributed by atoms with Crippen LogP contribution in [0.15, 0.2) is 23.2 Å². The van der Waals surface area contributed by atoms with Gasteiger partial charge in [0.05, 0.1) is 14.2 Å². The number of carbonyl (C=O) groups is 1. The number of aliphatic imine (C=N–C) groups is 1. The van der Waals surface area contributed by atoms with Gasteiger partial charge in [0.25, 0.3) is 0 Å². The summed E-state index contributed by atoms with van der Waals surface area (Å²) >= 11 is 0. The van der Waals surface area contributed by atoms with E-state index in [9.17, 15) is 4.79 Å². The molecule has 0 bridgehead atoms. The van der Waals surface area contributed by atoms with Crippen LogP contribution in [0.5, 0.6) is 11.5 Å². The van der Waals surface area contributed by atoms with E-state index in [2.05, 4.69) is 20.5 Å². The van der Waals surface area contributed by atoms with Gasteiger partial charge < -0.3 is 29.7 Å². The van der Waals surface area contributed by atoms with Gasteiger partial charge in [-0.1, -0.05) is 0 Å². The first kappa shape index (κ1) is 29.1. The minimum Gasteiger partial charge on any atom is -0.497 e. The van der Waals surface area contributed by atoms with Gasteiger partial charge in [0.1, 0.15) is 17.1 Å². The van der Waals surface area contributed by atoms with Gasteiger partial charge in [-0.2, -0.15) is 0 Å². The first-order valence-corrected chi connectivity index (χ1v) is 11.0. The van der Waals surface area contributed by atoms with Crippen molar-refractivity contribution in [3.63, 3.8) is 0 Å². The van der Waals surface area contributed by atoms with Crippen LogP contribution < -0.4 is 20.1 Å². The van der Waals surface area contributed by atoms with Gasteiger partial charge in [-0.25, -0.2) is 4.79 Å². The SMILES string of the molecule is CN=C(NCCN(C)C(=O)OC(C)(C)C)NC1CCN(Cc2cc(OC)cc(OC)c2)C1.I. The van der Waals surface area contributed by atoms with E-state index in [1.54, 1.807) is 33.2 Å². The summed E-state index contributed by atoms with van der Waals surface area (Å²) in [6, 6.07) is 6.28. The minimum atomic E-state index is -0.499. The molecule has 2 N–H and O–H groups in total. The van der Waals surface area contributed by atoms with Crippen molar-refractivity contribution in [2.24, 2.45) is 4.99 Å². The van der Waals surface area contributed by atoms with Gasteiger partial charge >= 0.3 is 6.09 Å². The second-order valence-corrected chi connectivity index (χ2v) is 8.99. The Hall–Kier alpha value is -1.95. The highest BCUT2D eigenvalue weighted by Crippen LogP contribution is 2.24. The Balaban J connectivity index is 0.00000544. The summed E-state index contributed by atoms with van der Waals surface area (Å²) < 4.78 is 16.1. The maximum atomic E-state index is 12.1. The summed E-state index contributed by atoms with van der Waals surface area (Å²) in [5.74, 6) is 2.33. The molecule has 2 rings (SSSR count). The Morgan fingerprint density at radius 1 is 1.21 bits per heavy atom. The molecule has 1 unspecified atom stereocenters. The zero-order chi connectivity index (χ0) is 23.7. The highest BCUT2D eigenvalue weighted by Gasteiger charge is 2.24. The number of hydrogen-bond donors (Lipinski definition) is 2. The van der Waals surface area contributed by atoms with E-state index in [0.29, 0.717) is 19.1 Å². The maximum absolute atomic E-state index is 12.1. The number of methoxy groups -OCH3 is 2. The first-order chi connectivity index (χ1) is 15.1. The lowest BCUT2D eigenvalue weighted by atomic mass is 10.2. The van der Waals surface area contributed by atoms with E-state index in [-0.39, 0.29) is 30.1 Å². The molecule has 0 aromatic heterocycles. The van der Waals surface area contributed by atoms with E-state index in [1.807, 2.05) is 39.0 Å². The van der Waals surface area contributed by atoms with Crippen LogP contribution in [0.3, 0.4) is 0 Å². The number of guanidine groups is 1. The Morgan fingerprint density at radius 3 is 2.39 bits per heavy atom. The minimum absolute atomic E-state index is 0. The molecule has 0 radical (unpaired) electrons. The van der Waals surface area contributed by atoms with Crippen molar-refractivity contribution in [2.75, 3.05) is 54.5 Å². The summed E-state index contributed by atoms with van der Waals surface area (Å²) in [5.41, 5.74) is 0.662. The molecule has 188 valence electrons. The number of carbonyl (C=O) groups excluding carboxylic acids is 1. The molecule has 1 amide bonds. The van der Waals surface area contributed by atoms with Gasteiger partial charge in [-0.3, -0.25) is 9.89 Å².